The second-order valence-electron chi connectivity index (χ2n) is 7.30. The van der Waals surface area contributed by atoms with Gasteiger partial charge in [0.25, 0.3) is 5.91 Å². The molecule has 0 aliphatic heterocycles. The fourth-order valence-electron chi connectivity index (χ4n) is 3.07. The second kappa shape index (κ2) is 7.77. The highest BCUT2D eigenvalue weighted by atomic mass is 16.1. The summed E-state index contributed by atoms with van der Waals surface area (Å²) >= 11 is 0. The van der Waals surface area contributed by atoms with Crippen molar-refractivity contribution in [3.05, 3.63) is 65.0 Å². The molecule has 0 spiro atoms. The summed E-state index contributed by atoms with van der Waals surface area (Å²) in [7, 11) is 0. The van der Waals surface area contributed by atoms with Gasteiger partial charge in [-0.05, 0) is 62.6 Å². The predicted molar refractivity (Wildman–Crippen MR) is 111 cm³/mol. The van der Waals surface area contributed by atoms with Crippen LogP contribution in [0.5, 0.6) is 0 Å². The number of carbonyl (C=O) groups is 1. The highest BCUT2D eigenvalue weighted by molar-refractivity contribution is 6.05. The van der Waals surface area contributed by atoms with Crippen LogP contribution in [0.15, 0.2) is 42.5 Å². The number of nitrogens with zero attached hydrogens (tertiary/aromatic N) is 3. The molecule has 0 saturated heterocycles. The molecule has 5 heteroatoms. The number of anilines is 1. The first kappa shape index (κ1) is 19.5. The van der Waals surface area contributed by atoms with Crippen molar-refractivity contribution in [1.29, 1.82) is 5.26 Å². The van der Waals surface area contributed by atoms with Crippen molar-refractivity contribution >= 4 is 22.6 Å². The Labute approximate surface area is 165 Å². The highest BCUT2D eigenvalue weighted by Gasteiger charge is 2.19. The Bertz CT molecular complexity index is 1060. The number of amides is 1. The van der Waals surface area contributed by atoms with Gasteiger partial charge in [-0.2, -0.15) is 5.26 Å². The van der Waals surface area contributed by atoms with E-state index < -0.39 is 5.41 Å². The van der Waals surface area contributed by atoms with Crippen LogP contribution in [-0.4, -0.2) is 15.9 Å². The van der Waals surface area contributed by atoms with Crippen LogP contribution in [0.2, 0.25) is 0 Å². The number of fused-ring (bicyclic) bond motifs is 1. The van der Waals surface area contributed by atoms with Crippen LogP contribution in [0, 0.1) is 11.3 Å². The van der Waals surface area contributed by atoms with Gasteiger partial charge < -0.3 is 5.32 Å². The van der Waals surface area contributed by atoms with Crippen molar-refractivity contribution in [2.24, 2.45) is 0 Å². The molecular weight excluding hydrogens is 348 g/mol. The maximum absolute atomic E-state index is 12.7. The molecule has 1 heterocycles. The van der Waals surface area contributed by atoms with E-state index in [2.05, 4.69) is 35.2 Å². The molecule has 3 rings (SSSR count). The number of aryl methyl sites for hydroxylation is 2. The maximum atomic E-state index is 12.7. The molecule has 2 aromatic carbocycles. The van der Waals surface area contributed by atoms with Gasteiger partial charge in [0.2, 0.25) is 0 Å². The molecule has 0 radical (unpaired) electrons. The Morgan fingerprint density at radius 1 is 1.00 bits per heavy atom. The normalized spacial score (nSPS) is 11.2. The van der Waals surface area contributed by atoms with Crippen molar-refractivity contribution in [3.63, 3.8) is 0 Å². The van der Waals surface area contributed by atoms with E-state index in [1.165, 1.54) is 0 Å². The summed E-state index contributed by atoms with van der Waals surface area (Å²) in [6.07, 6.45) is 1.65. The van der Waals surface area contributed by atoms with Gasteiger partial charge in [0.1, 0.15) is 0 Å². The summed E-state index contributed by atoms with van der Waals surface area (Å²) in [5.41, 5.74) is 5.08. The summed E-state index contributed by atoms with van der Waals surface area (Å²) in [4.78, 5) is 22.0. The van der Waals surface area contributed by atoms with Crippen LogP contribution in [0.25, 0.3) is 11.0 Å². The van der Waals surface area contributed by atoms with Crippen LogP contribution in [0.1, 0.15) is 55.0 Å². The van der Waals surface area contributed by atoms with Gasteiger partial charge in [0.05, 0.1) is 33.9 Å². The quantitative estimate of drug-likeness (QED) is 0.697. The Balaban J connectivity index is 1.84. The molecule has 1 aromatic heterocycles. The molecule has 0 unspecified atom stereocenters. The summed E-state index contributed by atoms with van der Waals surface area (Å²) in [5.74, 6) is -0.200. The molecule has 1 amide bonds. The Morgan fingerprint density at radius 2 is 1.61 bits per heavy atom. The standard InChI is InChI=1S/C23H24N4O/c1-5-18-19(6-2)27-21-13-15(7-12-20(21)26-18)22(28)25-17-10-8-16(9-11-17)23(3,4)14-24/h7-13H,5-6H2,1-4H3,(H,25,28). The van der Waals surface area contributed by atoms with Gasteiger partial charge in [0.15, 0.2) is 0 Å². The second-order valence-corrected chi connectivity index (χ2v) is 7.30. The average molecular weight is 372 g/mol. The van der Waals surface area contributed by atoms with E-state index in [4.69, 9.17) is 0 Å². The van der Waals surface area contributed by atoms with E-state index in [0.717, 1.165) is 40.8 Å². The van der Waals surface area contributed by atoms with Gasteiger partial charge >= 0.3 is 0 Å². The van der Waals surface area contributed by atoms with Crippen molar-refractivity contribution in [2.45, 2.75) is 46.0 Å². The molecular formula is C23H24N4O. The number of carbonyl (C=O) groups excluding carboxylic acids is 1. The summed E-state index contributed by atoms with van der Waals surface area (Å²) in [6.45, 7) is 7.86. The molecule has 0 atom stereocenters. The lowest BCUT2D eigenvalue weighted by atomic mass is 9.86. The fourth-order valence-corrected chi connectivity index (χ4v) is 3.07. The number of hydrogen-bond donors (Lipinski definition) is 1. The fraction of sp³-hybridized carbons (Fsp3) is 0.304. The average Bonchev–Trinajstić information content (AvgIpc) is 2.72. The molecule has 0 bridgehead atoms. The lowest BCUT2D eigenvalue weighted by molar-refractivity contribution is 0.102. The van der Waals surface area contributed by atoms with Gasteiger partial charge in [-0.1, -0.05) is 26.0 Å². The van der Waals surface area contributed by atoms with Crippen molar-refractivity contribution < 1.29 is 4.79 Å². The van der Waals surface area contributed by atoms with Crippen LogP contribution >= 0.6 is 0 Å². The molecule has 142 valence electrons. The summed E-state index contributed by atoms with van der Waals surface area (Å²) in [5, 5.41) is 12.1. The highest BCUT2D eigenvalue weighted by Crippen LogP contribution is 2.24. The van der Waals surface area contributed by atoms with Crippen molar-refractivity contribution in [3.8, 4) is 6.07 Å². The lowest BCUT2D eigenvalue weighted by Crippen LogP contribution is -2.15. The van der Waals surface area contributed by atoms with E-state index in [1.807, 2.05) is 44.2 Å². The van der Waals surface area contributed by atoms with E-state index in [9.17, 15) is 10.1 Å². The zero-order valence-electron chi connectivity index (χ0n) is 16.7. The van der Waals surface area contributed by atoms with Crippen molar-refractivity contribution in [1.82, 2.24) is 9.97 Å². The SMILES string of the molecule is CCc1nc2ccc(C(=O)Nc3ccc(C(C)(C)C#N)cc3)cc2nc1CC. The molecule has 0 saturated carbocycles. The van der Waals surface area contributed by atoms with Crippen molar-refractivity contribution in [2.75, 3.05) is 5.32 Å². The van der Waals surface area contributed by atoms with Crippen LogP contribution in [0.3, 0.4) is 0 Å². The molecule has 3 aromatic rings. The zero-order valence-corrected chi connectivity index (χ0v) is 16.7. The molecule has 5 nitrogen and oxygen atoms in total. The summed E-state index contributed by atoms with van der Waals surface area (Å²) < 4.78 is 0. The molecule has 28 heavy (non-hydrogen) atoms. The monoisotopic (exact) mass is 372 g/mol. The first-order chi connectivity index (χ1) is 13.4. The minimum atomic E-state index is -0.562. The van der Waals surface area contributed by atoms with Gasteiger partial charge in [-0.25, -0.2) is 9.97 Å². The van der Waals surface area contributed by atoms with Gasteiger partial charge in [0, 0.05) is 11.3 Å². The van der Waals surface area contributed by atoms with Crippen LogP contribution in [-0.2, 0) is 18.3 Å². The van der Waals surface area contributed by atoms with Gasteiger partial charge in [-0.3, -0.25) is 4.79 Å². The number of nitriles is 1. The third kappa shape index (κ3) is 3.86. The summed E-state index contributed by atoms with van der Waals surface area (Å²) in [6, 6.07) is 15.0. The lowest BCUT2D eigenvalue weighted by Gasteiger charge is -2.16. The first-order valence-corrected chi connectivity index (χ1v) is 9.50. The minimum absolute atomic E-state index is 0.200. The predicted octanol–water partition coefficient (Wildman–Crippen LogP) is 4.81. The Kier molecular flexibility index (Phi) is 5.41. The van der Waals surface area contributed by atoms with E-state index in [-0.39, 0.29) is 5.91 Å². The number of rotatable bonds is 5. The molecule has 0 fully saturated rings. The third-order valence-corrected chi connectivity index (χ3v) is 4.90. The Morgan fingerprint density at radius 3 is 2.18 bits per heavy atom. The smallest absolute Gasteiger partial charge is 0.255 e. The van der Waals surface area contributed by atoms with Crippen LogP contribution in [0.4, 0.5) is 5.69 Å². The topological polar surface area (TPSA) is 78.7 Å². The third-order valence-electron chi connectivity index (χ3n) is 4.90. The first-order valence-electron chi connectivity index (χ1n) is 9.50. The molecule has 0 aliphatic rings. The minimum Gasteiger partial charge on any atom is -0.322 e. The Hall–Kier alpha value is -3.26. The number of benzene rings is 2. The van der Waals surface area contributed by atoms with Crippen LogP contribution < -0.4 is 5.32 Å². The maximum Gasteiger partial charge on any atom is 0.255 e. The van der Waals surface area contributed by atoms with E-state index >= 15 is 0 Å². The van der Waals surface area contributed by atoms with Gasteiger partial charge in [-0.15, -0.1) is 0 Å². The number of nitrogens with one attached hydrogen (secondary N) is 1. The number of aromatic nitrogens is 2. The molecule has 0 aliphatic carbocycles. The zero-order chi connectivity index (χ0) is 20.3. The largest absolute Gasteiger partial charge is 0.322 e. The molecule has 1 N–H and O–H groups in total. The van der Waals surface area contributed by atoms with E-state index in [0.29, 0.717) is 11.3 Å². The number of hydrogen-bond acceptors (Lipinski definition) is 4. The van der Waals surface area contributed by atoms with E-state index in [1.54, 1.807) is 12.1 Å².